The Morgan fingerprint density at radius 1 is 1.13 bits per heavy atom. The Hall–Kier alpha value is -2.40. The van der Waals surface area contributed by atoms with Crippen molar-refractivity contribution in [3.05, 3.63) is 54.1 Å². The molecule has 4 nitrogen and oxygen atoms in total. The van der Waals surface area contributed by atoms with Gasteiger partial charge >= 0.3 is 0 Å². The summed E-state index contributed by atoms with van der Waals surface area (Å²) in [5.74, 6) is 1.74. The second-order valence-corrected chi connectivity index (χ2v) is 5.28. The van der Waals surface area contributed by atoms with Crippen LogP contribution in [0.2, 0.25) is 0 Å². The van der Waals surface area contributed by atoms with Gasteiger partial charge in [0.1, 0.15) is 23.2 Å². The van der Waals surface area contributed by atoms with E-state index in [-0.39, 0.29) is 11.7 Å². The molecule has 0 bridgehead atoms. The average Bonchev–Trinajstić information content (AvgIpc) is 2.60. The summed E-state index contributed by atoms with van der Waals surface area (Å²) in [5.41, 5.74) is 1.56. The fourth-order valence-corrected chi connectivity index (χ4v) is 2.49. The topological polar surface area (TPSA) is 38.2 Å². The normalized spacial score (nSPS) is 10.8. The van der Waals surface area contributed by atoms with Crippen molar-refractivity contribution in [3.8, 4) is 5.75 Å². The number of aromatic nitrogens is 2. The Kier molecular flexibility index (Phi) is 4.30. The molecule has 3 aromatic rings. The molecule has 0 unspecified atom stereocenters. The summed E-state index contributed by atoms with van der Waals surface area (Å²) in [7, 11) is 3.48. The molecule has 0 aliphatic carbocycles. The van der Waals surface area contributed by atoms with Crippen LogP contribution in [0.25, 0.3) is 10.9 Å². The molecule has 0 saturated carbocycles. The molecule has 23 heavy (non-hydrogen) atoms. The van der Waals surface area contributed by atoms with Crippen molar-refractivity contribution in [2.75, 3.05) is 19.1 Å². The lowest BCUT2D eigenvalue weighted by Gasteiger charge is -2.21. The van der Waals surface area contributed by atoms with Crippen molar-refractivity contribution in [2.45, 2.75) is 5.88 Å². The van der Waals surface area contributed by atoms with Gasteiger partial charge in [0.05, 0.1) is 18.5 Å². The number of halogens is 2. The zero-order chi connectivity index (χ0) is 16.4. The number of anilines is 2. The first-order valence-corrected chi connectivity index (χ1v) is 7.55. The maximum Gasteiger partial charge on any atom is 0.146 e. The summed E-state index contributed by atoms with van der Waals surface area (Å²) in [5, 5.41) is 0.636. The Labute approximate surface area is 138 Å². The van der Waals surface area contributed by atoms with Crippen molar-refractivity contribution in [2.24, 2.45) is 0 Å². The van der Waals surface area contributed by atoms with Gasteiger partial charge in [-0.05, 0) is 42.5 Å². The average molecular weight is 332 g/mol. The van der Waals surface area contributed by atoms with E-state index < -0.39 is 0 Å². The molecule has 0 saturated heterocycles. The largest absolute Gasteiger partial charge is 0.497 e. The minimum Gasteiger partial charge on any atom is -0.497 e. The van der Waals surface area contributed by atoms with Crippen molar-refractivity contribution >= 4 is 34.0 Å². The minimum absolute atomic E-state index is 0.191. The highest BCUT2D eigenvalue weighted by atomic mass is 35.5. The van der Waals surface area contributed by atoms with E-state index >= 15 is 0 Å². The maximum atomic E-state index is 13.6. The molecule has 0 fully saturated rings. The van der Waals surface area contributed by atoms with Gasteiger partial charge < -0.3 is 9.64 Å². The van der Waals surface area contributed by atoms with Gasteiger partial charge in [0, 0.05) is 18.1 Å². The molecule has 1 heterocycles. The molecule has 0 amide bonds. The van der Waals surface area contributed by atoms with Crippen LogP contribution in [-0.2, 0) is 5.88 Å². The van der Waals surface area contributed by atoms with E-state index in [1.807, 2.05) is 36.2 Å². The van der Waals surface area contributed by atoms with E-state index in [2.05, 4.69) is 9.97 Å². The molecule has 3 rings (SSSR count). The number of methoxy groups -OCH3 is 1. The number of ether oxygens (including phenoxy) is 1. The number of rotatable bonds is 4. The second-order valence-electron chi connectivity index (χ2n) is 5.02. The van der Waals surface area contributed by atoms with Crippen LogP contribution in [-0.4, -0.2) is 24.1 Å². The predicted molar refractivity (Wildman–Crippen MR) is 90.1 cm³/mol. The van der Waals surface area contributed by atoms with Gasteiger partial charge in [0.2, 0.25) is 0 Å². The van der Waals surface area contributed by atoms with Crippen molar-refractivity contribution < 1.29 is 9.13 Å². The van der Waals surface area contributed by atoms with Gasteiger partial charge in [-0.3, -0.25) is 0 Å². The molecule has 0 aliphatic heterocycles. The monoisotopic (exact) mass is 331 g/mol. The summed E-state index contributed by atoms with van der Waals surface area (Å²) >= 11 is 5.89. The highest BCUT2D eigenvalue weighted by Gasteiger charge is 2.14. The van der Waals surface area contributed by atoms with E-state index in [9.17, 15) is 4.39 Å². The molecule has 0 atom stereocenters. The Bertz CT molecular complexity index is 839. The van der Waals surface area contributed by atoms with Crippen molar-refractivity contribution in [1.82, 2.24) is 9.97 Å². The van der Waals surface area contributed by atoms with Gasteiger partial charge in [-0.25, -0.2) is 14.4 Å². The van der Waals surface area contributed by atoms with E-state index in [0.29, 0.717) is 22.5 Å². The third kappa shape index (κ3) is 3.05. The van der Waals surface area contributed by atoms with Crippen LogP contribution in [0.5, 0.6) is 5.75 Å². The predicted octanol–water partition coefficient (Wildman–Crippen LogP) is 4.28. The van der Waals surface area contributed by atoms with Crippen LogP contribution in [0, 0.1) is 5.82 Å². The summed E-state index contributed by atoms with van der Waals surface area (Å²) in [6, 6.07) is 12.0. The van der Waals surface area contributed by atoms with Crippen molar-refractivity contribution in [3.63, 3.8) is 0 Å². The van der Waals surface area contributed by atoms with Crippen LogP contribution < -0.4 is 9.64 Å². The quantitative estimate of drug-likeness (QED) is 0.669. The van der Waals surface area contributed by atoms with Gasteiger partial charge in [0.15, 0.2) is 0 Å². The Morgan fingerprint density at radius 3 is 2.52 bits per heavy atom. The summed E-state index contributed by atoms with van der Waals surface area (Å²) < 4.78 is 18.8. The molecule has 118 valence electrons. The fourth-order valence-electron chi connectivity index (χ4n) is 2.37. The number of hydrogen-bond acceptors (Lipinski definition) is 4. The standard InChI is InChI=1S/C17H15ClFN3O/c1-22(12-4-6-13(23-2)7-5-12)17-14-9-11(19)3-8-15(14)20-16(10-18)21-17/h3-9H,10H2,1-2H3. The molecule has 0 radical (unpaired) electrons. The SMILES string of the molecule is COc1ccc(N(C)c2nc(CCl)nc3ccc(F)cc23)cc1. The smallest absolute Gasteiger partial charge is 0.146 e. The van der Waals surface area contributed by atoms with Crippen LogP contribution in [0.1, 0.15) is 5.82 Å². The molecule has 2 aromatic carbocycles. The van der Waals surface area contributed by atoms with Crippen LogP contribution in [0.15, 0.2) is 42.5 Å². The van der Waals surface area contributed by atoms with E-state index in [1.165, 1.54) is 12.1 Å². The van der Waals surface area contributed by atoms with Crippen LogP contribution >= 0.6 is 11.6 Å². The number of hydrogen-bond donors (Lipinski definition) is 0. The van der Waals surface area contributed by atoms with Crippen LogP contribution in [0.3, 0.4) is 0 Å². The second kappa shape index (κ2) is 6.38. The molecule has 1 aromatic heterocycles. The number of fused-ring (bicyclic) bond motifs is 1. The van der Waals surface area contributed by atoms with Gasteiger partial charge in [-0.15, -0.1) is 11.6 Å². The van der Waals surface area contributed by atoms with E-state index in [4.69, 9.17) is 16.3 Å². The summed E-state index contributed by atoms with van der Waals surface area (Å²) in [6.07, 6.45) is 0. The Balaban J connectivity index is 2.14. The summed E-state index contributed by atoms with van der Waals surface area (Å²) in [4.78, 5) is 10.7. The number of alkyl halides is 1. The summed E-state index contributed by atoms with van der Waals surface area (Å²) in [6.45, 7) is 0. The first-order valence-electron chi connectivity index (χ1n) is 7.02. The first kappa shape index (κ1) is 15.5. The molecule has 0 spiro atoms. The molecule has 0 N–H and O–H groups in total. The Morgan fingerprint density at radius 2 is 1.87 bits per heavy atom. The maximum absolute atomic E-state index is 13.6. The number of benzene rings is 2. The molecule has 6 heteroatoms. The lowest BCUT2D eigenvalue weighted by atomic mass is 10.2. The lowest BCUT2D eigenvalue weighted by molar-refractivity contribution is 0.415. The van der Waals surface area contributed by atoms with E-state index in [1.54, 1.807) is 13.2 Å². The molecule has 0 aliphatic rings. The van der Waals surface area contributed by atoms with Gasteiger partial charge in [0.25, 0.3) is 0 Å². The third-order valence-electron chi connectivity index (χ3n) is 3.58. The van der Waals surface area contributed by atoms with Gasteiger partial charge in [-0.2, -0.15) is 0 Å². The third-order valence-corrected chi connectivity index (χ3v) is 3.82. The molecular formula is C17H15ClFN3O. The lowest BCUT2D eigenvalue weighted by Crippen LogP contribution is -2.13. The zero-order valence-electron chi connectivity index (χ0n) is 12.8. The van der Waals surface area contributed by atoms with Crippen molar-refractivity contribution in [1.29, 1.82) is 0 Å². The fraction of sp³-hybridized carbons (Fsp3) is 0.176. The highest BCUT2D eigenvalue weighted by molar-refractivity contribution is 6.16. The molecular weight excluding hydrogens is 317 g/mol. The number of nitrogens with zero attached hydrogens (tertiary/aromatic N) is 3. The van der Waals surface area contributed by atoms with Crippen LogP contribution in [0.4, 0.5) is 15.9 Å². The van der Waals surface area contributed by atoms with Gasteiger partial charge in [-0.1, -0.05) is 0 Å². The first-order chi connectivity index (χ1) is 11.1. The van der Waals surface area contributed by atoms with E-state index in [0.717, 1.165) is 11.4 Å². The highest BCUT2D eigenvalue weighted by Crippen LogP contribution is 2.30. The minimum atomic E-state index is -0.330. The zero-order valence-corrected chi connectivity index (χ0v) is 13.5.